The molecule has 20 heavy (non-hydrogen) atoms. The fourth-order valence-electron chi connectivity index (χ4n) is 3.15. The summed E-state index contributed by atoms with van der Waals surface area (Å²) in [6, 6.07) is 4.83. The molecular weight excluding hydrogens is 323 g/mol. The third kappa shape index (κ3) is 3.05. The van der Waals surface area contributed by atoms with E-state index in [9.17, 15) is 14.3 Å². The number of aliphatic carboxylic acids is 1. The van der Waals surface area contributed by atoms with Crippen molar-refractivity contribution < 1.29 is 14.3 Å². The van der Waals surface area contributed by atoms with Crippen molar-refractivity contribution in [1.82, 2.24) is 0 Å². The minimum Gasteiger partial charge on any atom is -0.481 e. The predicted molar refractivity (Wildman–Crippen MR) is 80.1 cm³/mol. The number of hydrogen-bond acceptors (Lipinski definition) is 1. The van der Waals surface area contributed by atoms with Crippen LogP contribution in [0.3, 0.4) is 0 Å². The van der Waals surface area contributed by atoms with Crippen LogP contribution in [0, 0.1) is 17.2 Å². The highest BCUT2D eigenvalue weighted by molar-refractivity contribution is 9.10. The Morgan fingerprint density at radius 1 is 1.45 bits per heavy atom. The lowest BCUT2D eigenvalue weighted by Gasteiger charge is -2.37. The van der Waals surface area contributed by atoms with Crippen molar-refractivity contribution in [2.45, 2.75) is 45.4 Å². The molecule has 1 fully saturated rings. The summed E-state index contributed by atoms with van der Waals surface area (Å²) in [4.78, 5) is 11.8. The van der Waals surface area contributed by atoms with Crippen LogP contribution in [0.4, 0.5) is 4.39 Å². The number of halogens is 2. The molecule has 0 amide bonds. The van der Waals surface area contributed by atoms with E-state index in [1.165, 1.54) is 6.07 Å². The zero-order chi connectivity index (χ0) is 14.8. The van der Waals surface area contributed by atoms with Gasteiger partial charge in [0, 0.05) is 0 Å². The Morgan fingerprint density at radius 2 is 2.10 bits per heavy atom. The molecule has 0 aromatic heterocycles. The molecular formula is C16H20BrFO2. The predicted octanol–water partition coefficient (Wildman–Crippen LogP) is 4.80. The van der Waals surface area contributed by atoms with E-state index >= 15 is 0 Å². The molecule has 0 atom stereocenters. The van der Waals surface area contributed by atoms with E-state index in [1.807, 2.05) is 6.07 Å². The van der Waals surface area contributed by atoms with Crippen LogP contribution >= 0.6 is 15.9 Å². The number of hydrogen-bond donors (Lipinski definition) is 1. The summed E-state index contributed by atoms with van der Waals surface area (Å²) < 4.78 is 14.0. The maximum Gasteiger partial charge on any atom is 0.309 e. The van der Waals surface area contributed by atoms with Crippen LogP contribution < -0.4 is 0 Å². The van der Waals surface area contributed by atoms with Crippen LogP contribution in [-0.4, -0.2) is 11.1 Å². The van der Waals surface area contributed by atoms with Crippen LogP contribution in [0.15, 0.2) is 22.7 Å². The van der Waals surface area contributed by atoms with Crippen LogP contribution in [0.1, 0.15) is 44.6 Å². The molecule has 1 N–H and O–H groups in total. The fraction of sp³-hybridized carbons (Fsp3) is 0.562. The van der Waals surface area contributed by atoms with Gasteiger partial charge in [0.05, 0.1) is 9.89 Å². The van der Waals surface area contributed by atoms with Crippen LogP contribution in [0.2, 0.25) is 0 Å². The van der Waals surface area contributed by atoms with Crippen molar-refractivity contribution in [2.24, 2.45) is 11.3 Å². The van der Waals surface area contributed by atoms with Gasteiger partial charge in [-0.1, -0.05) is 25.5 Å². The highest BCUT2D eigenvalue weighted by Crippen LogP contribution is 2.43. The molecule has 0 aliphatic heterocycles. The lowest BCUT2D eigenvalue weighted by molar-refractivity contribution is -0.151. The topological polar surface area (TPSA) is 37.3 Å². The van der Waals surface area contributed by atoms with E-state index in [1.54, 1.807) is 6.07 Å². The molecule has 4 heteroatoms. The number of carboxylic acids is 1. The number of carboxylic acid groups (broad SMARTS) is 1. The van der Waals surface area contributed by atoms with Gasteiger partial charge in [0.2, 0.25) is 0 Å². The average Bonchev–Trinajstić information content (AvgIpc) is 2.44. The first-order valence-electron chi connectivity index (χ1n) is 7.15. The highest BCUT2D eigenvalue weighted by atomic mass is 79.9. The summed E-state index contributed by atoms with van der Waals surface area (Å²) in [5.41, 5.74) is 0.0180. The Balaban J connectivity index is 2.22. The number of carbonyl (C=O) groups is 1. The third-order valence-corrected chi connectivity index (χ3v) is 5.54. The molecule has 0 saturated heterocycles. The van der Waals surface area contributed by atoms with Gasteiger partial charge in [-0.2, -0.15) is 0 Å². The van der Waals surface area contributed by atoms with Crippen molar-refractivity contribution in [3.63, 3.8) is 0 Å². The maximum absolute atomic E-state index is 13.6. The Labute approximate surface area is 127 Å². The average molecular weight is 343 g/mol. The molecule has 0 unspecified atom stereocenters. The van der Waals surface area contributed by atoms with Crippen LogP contribution in [0.25, 0.3) is 0 Å². The van der Waals surface area contributed by atoms with Gasteiger partial charge in [0.1, 0.15) is 5.82 Å². The van der Waals surface area contributed by atoms with Crippen molar-refractivity contribution in [2.75, 3.05) is 0 Å². The summed E-state index contributed by atoms with van der Waals surface area (Å²) >= 11 is 3.24. The van der Waals surface area contributed by atoms with E-state index < -0.39 is 11.4 Å². The number of benzene rings is 1. The second kappa shape index (κ2) is 6.25. The fourth-order valence-corrected chi connectivity index (χ4v) is 3.56. The zero-order valence-corrected chi connectivity index (χ0v) is 13.2. The van der Waals surface area contributed by atoms with Gasteiger partial charge in [0.25, 0.3) is 0 Å². The van der Waals surface area contributed by atoms with E-state index in [2.05, 4.69) is 22.9 Å². The minimum absolute atomic E-state index is 0.328. The molecule has 1 aromatic rings. The maximum atomic E-state index is 13.6. The molecule has 1 aliphatic rings. The lowest BCUT2D eigenvalue weighted by Crippen LogP contribution is -2.37. The molecule has 0 bridgehead atoms. The van der Waals surface area contributed by atoms with Crippen LogP contribution in [-0.2, 0) is 11.2 Å². The molecule has 1 aliphatic carbocycles. The van der Waals surface area contributed by atoms with Gasteiger partial charge >= 0.3 is 5.97 Å². The number of rotatable bonds is 4. The van der Waals surface area contributed by atoms with E-state index in [0.29, 0.717) is 29.7 Å². The Hall–Kier alpha value is -0.900. The molecule has 2 rings (SSSR count). The molecule has 0 spiro atoms. The zero-order valence-electron chi connectivity index (χ0n) is 11.7. The summed E-state index contributed by atoms with van der Waals surface area (Å²) in [6.45, 7) is 2.15. The Bertz CT molecular complexity index is 493. The van der Waals surface area contributed by atoms with Crippen molar-refractivity contribution >= 4 is 21.9 Å². The highest BCUT2D eigenvalue weighted by Gasteiger charge is 2.42. The molecule has 1 saturated carbocycles. The molecule has 0 radical (unpaired) electrons. The first-order chi connectivity index (χ1) is 9.48. The quantitative estimate of drug-likeness (QED) is 0.852. The smallest absolute Gasteiger partial charge is 0.309 e. The van der Waals surface area contributed by atoms with Gasteiger partial charge in [-0.15, -0.1) is 0 Å². The van der Waals surface area contributed by atoms with Gasteiger partial charge in [-0.25, -0.2) is 4.39 Å². The Kier molecular flexibility index (Phi) is 4.84. The monoisotopic (exact) mass is 342 g/mol. The minimum atomic E-state index is -0.747. The van der Waals surface area contributed by atoms with Crippen molar-refractivity contribution in [1.29, 1.82) is 0 Å². The molecule has 110 valence electrons. The normalized spacial score (nSPS) is 26.4. The summed E-state index contributed by atoms with van der Waals surface area (Å²) in [5, 5.41) is 9.66. The summed E-state index contributed by atoms with van der Waals surface area (Å²) in [5.74, 6) is -0.438. The summed E-state index contributed by atoms with van der Waals surface area (Å²) in [6.07, 6.45) is 4.79. The summed E-state index contributed by atoms with van der Waals surface area (Å²) in [7, 11) is 0. The van der Waals surface area contributed by atoms with Gasteiger partial charge in [-0.3, -0.25) is 4.79 Å². The largest absolute Gasteiger partial charge is 0.481 e. The first-order valence-corrected chi connectivity index (χ1v) is 7.94. The third-order valence-electron chi connectivity index (χ3n) is 4.65. The standard InChI is InChI=1S/C16H20BrFO2/c1-2-11-6-8-16(9-7-11,15(19)20)10-12-4-3-5-13(18)14(12)17/h3-5,11H,2,6-10H2,1H3,(H,19,20). The van der Waals surface area contributed by atoms with Crippen molar-refractivity contribution in [3.8, 4) is 0 Å². The van der Waals surface area contributed by atoms with Crippen molar-refractivity contribution in [3.05, 3.63) is 34.1 Å². The molecule has 0 heterocycles. The van der Waals surface area contributed by atoms with E-state index in [4.69, 9.17) is 0 Å². The van der Waals surface area contributed by atoms with Gasteiger partial charge in [-0.05, 0) is 65.6 Å². The van der Waals surface area contributed by atoms with Crippen LogP contribution in [0.5, 0.6) is 0 Å². The van der Waals surface area contributed by atoms with E-state index in [-0.39, 0.29) is 5.82 Å². The van der Waals surface area contributed by atoms with Gasteiger partial charge < -0.3 is 5.11 Å². The first kappa shape index (κ1) is 15.5. The SMILES string of the molecule is CCC1CCC(Cc2cccc(F)c2Br)(C(=O)O)CC1. The van der Waals surface area contributed by atoms with Gasteiger partial charge in [0.15, 0.2) is 0 Å². The molecule has 2 nitrogen and oxygen atoms in total. The van der Waals surface area contributed by atoms with E-state index in [0.717, 1.165) is 24.8 Å². The second-order valence-corrected chi connectivity index (χ2v) is 6.62. The lowest BCUT2D eigenvalue weighted by atomic mass is 9.67. The second-order valence-electron chi connectivity index (χ2n) is 5.83. The molecule has 1 aromatic carbocycles. The Morgan fingerprint density at radius 3 is 2.65 bits per heavy atom.